The van der Waals surface area contributed by atoms with Gasteiger partial charge in [0.1, 0.15) is 40.2 Å². The molecular weight excluding hydrogens is 502 g/mol. The fourth-order valence-electron chi connectivity index (χ4n) is 3.29. The second-order valence-electron chi connectivity index (χ2n) is 10.7. The lowest BCUT2D eigenvalue weighted by molar-refractivity contribution is -0.139. The highest BCUT2D eigenvalue weighted by Crippen LogP contribution is 2.36. The molecule has 38 heavy (non-hydrogen) atoms. The topological polar surface area (TPSA) is 124 Å². The van der Waals surface area contributed by atoms with Crippen LogP contribution in [0.1, 0.15) is 72.6 Å². The largest absolute Gasteiger partial charge is 0.469 e. The molecule has 0 aliphatic heterocycles. The summed E-state index contributed by atoms with van der Waals surface area (Å²) in [6.07, 6.45) is -2.92. The zero-order valence-electron chi connectivity index (χ0n) is 22.9. The van der Waals surface area contributed by atoms with Gasteiger partial charge in [-0.15, -0.1) is 0 Å². The number of hydrogen-bond donors (Lipinski definition) is 0. The molecule has 206 valence electrons. The van der Waals surface area contributed by atoms with Crippen LogP contribution in [0.4, 0.5) is 24.2 Å². The summed E-state index contributed by atoms with van der Waals surface area (Å²) in [6, 6.07) is 3.18. The maximum atomic E-state index is 14.9. The molecule has 2 rings (SSSR count). The quantitative estimate of drug-likeness (QED) is 0.355. The molecule has 0 radical (unpaired) electrons. The van der Waals surface area contributed by atoms with Crippen LogP contribution in [0, 0.1) is 23.0 Å². The van der Waals surface area contributed by atoms with E-state index in [0.29, 0.717) is 4.90 Å². The van der Waals surface area contributed by atoms with Crippen LogP contribution in [0.15, 0.2) is 12.1 Å². The lowest BCUT2D eigenvalue weighted by atomic mass is 10.0. The number of nitriles is 1. The van der Waals surface area contributed by atoms with E-state index in [1.165, 1.54) is 4.68 Å². The van der Waals surface area contributed by atoms with Gasteiger partial charge in [-0.1, -0.05) is 0 Å². The molecule has 0 spiro atoms. The molecule has 0 saturated heterocycles. The van der Waals surface area contributed by atoms with Crippen molar-refractivity contribution >= 4 is 24.0 Å². The molecule has 0 fully saturated rings. The van der Waals surface area contributed by atoms with Gasteiger partial charge in [0.05, 0.1) is 13.5 Å². The highest BCUT2D eigenvalue weighted by molar-refractivity contribution is 6.10. The molecule has 0 aliphatic rings. The highest BCUT2D eigenvalue weighted by atomic mass is 19.1. The number of carbonyl (C=O) groups is 3. The van der Waals surface area contributed by atoms with Gasteiger partial charge in [-0.2, -0.15) is 15.3 Å². The third-order valence-corrected chi connectivity index (χ3v) is 4.81. The van der Waals surface area contributed by atoms with Gasteiger partial charge in [-0.3, -0.25) is 4.79 Å². The summed E-state index contributed by atoms with van der Waals surface area (Å²) in [5.41, 5.74) is -3.23. The third kappa shape index (κ3) is 7.06. The fourth-order valence-corrected chi connectivity index (χ4v) is 3.29. The Morgan fingerprint density at radius 2 is 1.50 bits per heavy atom. The lowest BCUT2D eigenvalue weighted by Crippen LogP contribution is -2.45. The van der Waals surface area contributed by atoms with Crippen molar-refractivity contribution in [3.63, 3.8) is 0 Å². The minimum atomic E-state index is -1.14. The molecule has 0 bridgehead atoms. The van der Waals surface area contributed by atoms with Crippen LogP contribution in [0.3, 0.4) is 0 Å². The number of aromatic nitrogens is 2. The monoisotopic (exact) mass is 534 g/mol. The maximum Gasteiger partial charge on any atom is 0.425 e. The zero-order valence-corrected chi connectivity index (χ0v) is 22.9. The predicted molar refractivity (Wildman–Crippen MR) is 133 cm³/mol. The molecule has 0 unspecified atom stereocenters. The molecule has 1 aromatic heterocycles. The van der Waals surface area contributed by atoms with Gasteiger partial charge in [0.25, 0.3) is 0 Å². The van der Waals surface area contributed by atoms with Gasteiger partial charge < -0.3 is 14.2 Å². The van der Waals surface area contributed by atoms with Gasteiger partial charge in [0, 0.05) is 17.2 Å². The Kier molecular flexibility index (Phi) is 8.88. The van der Waals surface area contributed by atoms with Gasteiger partial charge in [-0.25, -0.2) is 23.1 Å². The highest BCUT2D eigenvalue weighted by Gasteiger charge is 2.39. The maximum absolute atomic E-state index is 14.9. The van der Waals surface area contributed by atoms with E-state index in [0.717, 1.165) is 19.2 Å². The van der Waals surface area contributed by atoms with Crippen LogP contribution >= 0.6 is 0 Å². The first-order chi connectivity index (χ1) is 17.4. The minimum Gasteiger partial charge on any atom is -0.469 e. The number of halogens is 2. The standard InChI is InChI=1S/C26H32F2N4O6/c1-14(2)32-22(31(23(34)37-25(3,4)5)24(35)38-26(6,7)8)17(13-29)21(30-32)15-10-18(27)16(19(28)11-15)12-20(33)36-9/h10-11,14H,12H2,1-9H3. The Labute approximate surface area is 220 Å². The molecule has 12 heteroatoms. The van der Waals surface area contributed by atoms with E-state index in [1.54, 1.807) is 55.4 Å². The molecule has 10 nitrogen and oxygen atoms in total. The molecule has 2 aromatic rings. The summed E-state index contributed by atoms with van der Waals surface area (Å²) < 4.78 is 46.2. The second-order valence-corrected chi connectivity index (χ2v) is 10.7. The summed E-state index contributed by atoms with van der Waals surface area (Å²) in [7, 11) is 1.09. The molecule has 2 amide bonds. The van der Waals surface area contributed by atoms with E-state index in [4.69, 9.17) is 9.47 Å². The minimum absolute atomic E-state index is 0.154. The number of benzene rings is 1. The van der Waals surface area contributed by atoms with Crippen molar-refractivity contribution in [2.75, 3.05) is 12.0 Å². The molecule has 0 atom stereocenters. The number of hydrogen-bond acceptors (Lipinski definition) is 8. The van der Waals surface area contributed by atoms with Crippen molar-refractivity contribution < 1.29 is 37.4 Å². The van der Waals surface area contributed by atoms with Crippen molar-refractivity contribution in [3.05, 3.63) is 34.9 Å². The van der Waals surface area contributed by atoms with Crippen molar-refractivity contribution in [1.82, 2.24) is 9.78 Å². The fraction of sp³-hybridized carbons (Fsp3) is 0.500. The molecule has 0 aliphatic carbocycles. The van der Waals surface area contributed by atoms with Crippen LogP contribution in [0.25, 0.3) is 11.3 Å². The number of rotatable bonds is 5. The van der Waals surface area contributed by atoms with E-state index in [2.05, 4.69) is 9.84 Å². The van der Waals surface area contributed by atoms with Crippen LogP contribution in [0.2, 0.25) is 0 Å². The van der Waals surface area contributed by atoms with E-state index >= 15 is 0 Å². The molecular formula is C26H32F2N4O6. The number of methoxy groups -OCH3 is 1. The number of anilines is 1. The van der Waals surface area contributed by atoms with E-state index in [9.17, 15) is 28.4 Å². The Bertz CT molecular complexity index is 1230. The predicted octanol–water partition coefficient (Wildman–Crippen LogP) is 5.67. The van der Waals surface area contributed by atoms with Gasteiger partial charge in [0.15, 0.2) is 5.82 Å². The number of imide groups is 1. The SMILES string of the molecule is COC(=O)Cc1c(F)cc(-c2nn(C(C)C)c(N(C(=O)OC(C)(C)C)C(=O)OC(C)(C)C)c2C#N)cc1F. The number of carbonyl (C=O) groups excluding carboxylic acids is 3. The molecule has 1 aromatic carbocycles. The van der Waals surface area contributed by atoms with Crippen molar-refractivity contribution in [3.8, 4) is 17.3 Å². The summed E-state index contributed by atoms with van der Waals surface area (Å²) in [5.74, 6) is -3.26. The average molecular weight is 535 g/mol. The van der Waals surface area contributed by atoms with Crippen molar-refractivity contribution in [2.45, 2.75) is 79.1 Å². The second kappa shape index (κ2) is 11.2. The first kappa shape index (κ1) is 30.2. The summed E-state index contributed by atoms with van der Waals surface area (Å²) in [6.45, 7) is 12.9. The van der Waals surface area contributed by atoms with E-state index in [1.807, 2.05) is 6.07 Å². The Morgan fingerprint density at radius 3 is 1.87 bits per heavy atom. The third-order valence-electron chi connectivity index (χ3n) is 4.81. The van der Waals surface area contributed by atoms with Crippen LogP contribution in [-0.4, -0.2) is 46.2 Å². The first-order valence-electron chi connectivity index (χ1n) is 11.7. The summed E-state index contributed by atoms with van der Waals surface area (Å²) in [4.78, 5) is 38.6. The number of amides is 2. The average Bonchev–Trinajstić information content (AvgIpc) is 3.12. The lowest BCUT2D eigenvalue weighted by Gasteiger charge is -2.29. The van der Waals surface area contributed by atoms with E-state index in [-0.39, 0.29) is 22.6 Å². The normalized spacial score (nSPS) is 11.7. The summed E-state index contributed by atoms with van der Waals surface area (Å²) >= 11 is 0. The van der Waals surface area contributed by atoms with Gasteiger partial charge in [0.2, 0.25) is 0 Å². The number of ether oxygens (including phenoxy) is 3. The Hall–Kier alpha value is -4.01. The van der Waals surface area contributed by atoms with Crippen LogP contribution in [-0.2, 0) is 25.4 Å². The van der Waals surface area contributed by atoms with Crippen LogP contribution in [0.5, 0.6) is 0 Å². The van der Waals surface area contributed by atoms with E-state index < -0.39 is 59.0 Å². The molecule has 0 N–H and O–H groups in total. The first-order valence-corrected chi connectivity index (χ1v) is 11.7. The summed E-state index contributed by atoms with van der Waals surface area (Å²) in [5, 5.41) is 14.4. The van der Waals surface area contributed by atoms with Gasteiger partial charge in [-0.05, 0) is 67.5 Å². The number of nitrogens with zero attached hydrogens (tertiary/aromatic N) is 4. The van der Waals surface area contributed by atoms with Crippen molar-refractivity contribution in [2.24, 2.45) is 0 Å². The molecule has 0 saturated carbocycles. The van der Waals surface area contributed by atoms with Crippen molar-refractivity contribution in [1.29, 1.82) is 5.26 Å². The molecule has 1 heterocycles. The van der Waals surface area contributed by atoms with Crippen LogP contribution < -0.4 is 4.90 Å². The zero-order chi connectivity index (χ0) is 29.2. The van der Waals surface area contributed by atoms with Gasteiger partial charge >= 0.3 is 18.2 Å². The smallest absolute Gasteiger partial charge is 0.425 e. The Morgan fingerprint density at radius 1 is 1.03 bits per heavy atom. The Balaban J connectivity index is 2.83. The number of esters is 1.